The molecule has 1 aliphatic rings. The lowest BCUT2D eigenvalue weighted by atomic mass is 10.1. The number of hydrogen-bond donors (Lipinski definition) is 1. The Morgan fingerprint density at radius 3 is 2.57 bits per heavy atom. The Balaban J connectivity index is 1.47. The summed E-state index contributed by atoms with van der Waals surface area (Å²) in [6, 6.07) is 13.2. The first-order valence-corrected chi connectivity index (χ1v) is 8.73. The highest BCUT2D eigenvalue weighted by Gasteiger charge is 2.30. The normalized spacial score (nSPS) is 13.4. The van der Waals surface area contributed by atoms with E-state index in [1.165, 1.54) is 6.33 Å². The summed E-state index contributed by atoms with van der Waals surface area (Å²) in [5.41, 5.74) is 2.07. The van der Waals surface area contributed by atoms with Gasteiger partial charge in [0.15, 0.2) is 17.3 Å². The zero-order valence-electron chi connectivity index (χ0n) is 15.5. The van der Waals surface area contributed by atoms with Crippen molar-refractivity contribution in [1.82, 2.24) is 24.6 Å². The van der Waals surface area contributed by atoms with Crippen LogP contribution in [0.2, 0.25) is 0 Å². The molecule has 0 spiro atoms. The van der Waals surface area contributed by atoms with Crippen molar-refractivity contribution in [3.8, 4) is 11.3 Å². The molecule has 0 radical (unpaired) electrons. The van der Waals surface area contributed by atoms with E-state index in [-0.39, 0.29) is 18.4 Å². The van der Waals surface area contributed by atoms with Gasteiger partial charge in [-0.2, -0.15) is 0 Å². The van der Waals surface area contributed by atoms with Crippen molar-refractivity contribution in [3.05, 3.63) is 54.5 Å². The van der Waals surface area contributed by atoms with E-state index in [9.17, 15) is 9.59 Å². The van der Waals surface area contributed by atoms with Gasteiger partial charge >= 0.3 is 0 Å². The maximum atomic E-state index is 12.4. The number of hydrogen-bond acceptors (Lipinski definition) is 6. The molecule has 2 amide bonds. The summed E-state index contributed by atoms with van der Waals surface area (Å²) in [5.74, 6) is 0.443. The highest BCUT2D eigenvalue weighted by Crippen LogP contribution is 2.24. The van der Waals surface area contributed by atoms with Crippen molar-refractivity contribution >= 4 is 23.5 Å². The Morgan fingerprint density at radius 2 is 1.86 bits per heavy atom. The summed E-state index contributed by atoms with van der Waals surface area (Å²) in [5, 5.41) is 10.9. The Bertz CT molecular complexity index is 1010. The molecule has 2 aromatic heterocycles. The van der Waals surface area contributed by atoms with Crippen LogP contribution in [-0.2, 0) is 11.3 Å². The first-order valence-electron chi connectivity index (χ1n) is 8.73. The molecule has 28 heavy (non-hydrogen) atoms. The van der Waals surface area contributed by atoms with Crippen LogP contribution >= 0.6 is 0 Å². The van der Waals surface area contributed by atoms with Crippen LogP contribution in [0.25, 0.3) is 11.3 Å². The number of nitrogens with zero attached hydrogens (tertiary/aromatic N) is 6. The van der Waals surface area contributed by atoms with Crippen LogP contribution in [0.3, 0.4) is 0 Å². The Labute approximate surface area is 161 Å². The molecule has 9 heteroatoms. The van der Waals surface area contributed by atoms with Crippen LogP contribution in [0.5, 0.6) is 0 Å². The van der Waals surface area contributed by atoms with Gasteiger partial charge in [-0.3, -0.25) is 9.59 Å². The summed E-state index contributed by atoms with van der Waals surface area (Å²) >= 11 is 0. The maximum Gasteiger partial charge on any atom is 0.275 e. The largest absolute Gasteiger partial charge is 0.340 e. The molecular formula is C19H19N7O2. The third kappa shape index (κ3) is 3.29. The zero-order chi connectivity index (χ0) is 19.7. The van der Waals surface area contributed by atoms with E-state index >= 15 is 0 Å². The minimum Gasteiger partial charge on any atom is -0.340 e. The van der Waals surface area contributed by atoms with E-state index in [0.29, 0.717) is 24.0 Å². The van der Waals surface area contributed by atoms with Crippen LogP contribution in [-0.4, -0.2) is 57.2 Å². The lowest BCUT2D eigenvalue weighted by Crippen LogP contribution is -2.43. The number of aromatic nitrogens is 4. The third-order valence-electron chi connectivity index (χ3n) is 4.47. The average molecular weight is 377 g/mol. The monoisotopic (exact) mass is 377 g/mol. The van der Waals surface area contributed by atoms with Crippen molar-refractivity contribution in [2.45, 2.75) is 6.54 Å². The lowest BCUT2D eigenvalue weighted by Gasteiger charge is -2.30. The molecule has 4 rings (SSSR count). The fourth-order valence-electron chi connectivity index (χ4n) is 3.12. The third-order valence-corrected chi connectivity index (χ3v) is 4.47. The average Bonchev–Trinajstić information content (AvgIpc) is 3.11. The Kier molecular flexibility index (Phi) is 4.48. The Hall–Kier alpha value is -3.75. The van der Waals surface area contributed by atoms with E-state index < -0.39 is 0 Å². The van der Waals surface area contributed by atoms with Gasteiger partial charge < -0.3 is 19.7 Å². The maximum absolute atomic E-state index is 12.4. The molecular weight excluding hydrogens is 358 g/mol. The second-order valence-electron chi connectivity index (χ2n) is 6.61. The number of fused-ring (bicyclic) bond motifs is 1. The minimum atomic E-state index is -0.314. The smallest absolute Gasteiger partial charge is 0.275 e. The molecule has 0 aliphatic carbocycles. The first kappa shape index (κ1) is 17.7. The molecule has 9 nitrogen and oxygen atoms in total. The van der Waals surface area contributed by atoms with Gasteiger partial charge in [0.1, 0.15) is 6.54 Å². The van der Waals surface area contributed by atoms with Crippen molar-refractivity contribution in [2.24, 2.45) is 0 Å². The Morgan fingerprint density at radius 1 is 1.07 bits per heavy atom. The van der Waals surface area contributed by atoms with Crippen molar-refractivity contribution < 1.29 is 9.59 Å². The zero-order valence-corrected chi connectivity index (χ0v) is 15.5. The predicted molar refractivity (Wildman–Crippen MR) is 104 cm³/mol. The van der Waals surface area contributed by atoms with E-state index in [1.807, 2.05) is 42.3 Å². The first-order chi connectivity index (χ1) is 13.5. The standard InChI is InChI=1S/C19H19N7O2/c1-24-12-25(2)19(28)17-18(24)20-11-26(17)10-16(27)21-15-9-8-14(22-23-15)13-6-4-3-5-7-13/h3-9,11H,10,12H2,1-2H3,(H,21,23,27). The molecule has 3 aromatic rings. The molecule has 0 bridgehead atoms. The van der Waals surface area contributed by atoms with Crippen molar-refractivity contribution in [3.63, 3.8) is 0 Å². The number of benzene rings is 1. The number of nitrogens with one attached hydrogen (secondary N) is 1. The van der Waals surface area contributed by atoms with Gasteiger partial charge in [0, 0.05) is 19.7 Å². The topological polar surface area (TPSA) is 96.2 Å². The summed E-state index contributed by atoms with van der Waals surface area (Å²) in [6.07, 6.45) is 1.50. The van der Waals surface area contributed by atoms with Crippen LogP contribution < -0.4 is 10.2 Å². The number of rotatable bonds is 4. The number of carbonyl (C=O) groups is 2. The molecule has 142 valence electrons. The van der Waals surface area contributed by atoms with Gasteiger partial charge in [-0.05, 0) is 12.1 Å². The van der Waals surface area contributed by atoms with E-state index in [2.05, 4.69) is 20.5 Å². The molecule has 1 aliphatic heterocycles. The molecule has 0 saturated carbocycles. The number of anilines is 2. The molecule has 1 N–H and O–H groups in total. The fraction of sp³-hybridized carbons (Fsp3) is 0.211. The molecule has 0 saturated heterocycles. The summed E-state index contributed by atoms with van der Waals surface area (Å²) in [6.45, 7) is 0.413. The van der Waals surface area contributed by atoms with Crippen LogP contribution in [0.15, 0.2) is 48.8 Å². The van der Waals surface area contributed by atoms with Gasteiger partial charge in [0.2, 0.25) is 5.91 Å². The SMILES string of the molecule is CN1CN(C)c2ncn(CC(=O)Nc3ccc(-c4ccccc4)nn3)c2C1=O. The number of imidazole rings is 1. The van der Waals surface area contributed by atoms with E-state index in [4.69, 9.17) is 0 Å². The predicted octanol–water partition coefficient (Wildman–Crippen LogP) is 1.46. The molecule has 1 aromatic carbocycles. The highest BCUT2D eigenvalue weighted by atomic mass is 16.2. The van der Waals surface area contributed by atoms with Crippen molar-refractivity contribution in [2.75, 3.05) is 31.0 Å². The van der Waals surface area contributed by atoms with Gasteiger partial charge in [0.05, 0.1) is 18.7 Å². The quantitative estimate of drug-likeness (QED) is 0.739. The fourth-order valence-corrected chi connectivity index (χ4v) is 3.12. The summed E-state index contributed by atoms with van der Waals surface area (Å²) in [7, 11) is 3.56. The molecule has 0 atom stereocenters. The number of amides is 2. The molecule has 3 heterocycles. The van der Waals surface area contributed by atoms with E-state index in [1.54, 1.807) is 28.6 Å². The van der Waals surface area contributed by atoms with Crippen LogP contribution in [0.4, 0.5) is 11.6 Å². The second kappa shape index (κ2) is 7.10. The van der Waals surface area contributed by atoms with Gasteiger partial charge in [0.25, 0.3) is 5.91 Å². The van der Waals surface area contributed by atoms with Crippen molar-refractivity contribution in [1.29, 1.82) is 0 Å². The van der Waals surface area contributed by atoms with Crippen LogP contribution in [0, 0.1) is 0 Å². The summed E-state index contributed by atoms with van der Waals surface area (Å²) < 4.78 is 1.55. The van der Waals surface area contributed by atoms with Gasteiger partial charge in [-0.25, -0.2) is 4.98 Å². The van der Waals surface area contributed by atoms with Crippen LogP contribution in [0.1, 0.15) is 10.5 Å². The number of carbonyl (C=O) groups excluding carboxylic acids is 2. The molecule has 0 fully saturated rings. The second-order valence-corrected chi connectivity index (χ2v) is 6.61. The van der Waals surface area contributed by atoms with Gasteiger partial charge in [-0.1, -0.05) is 30.3 Å². The van der Waals surface area contributed by atoms with E-state index in [0.717, 1.165) is 11.3 Å². The minimum absolute atomic E-state index is 0.0438. The highest BCUT2D eigenvalue weighted by molar-refractivity contribution is 5.99. The summed E-state index contributed by atoms with van der Waals surface area (Å²) in [4.78, 5) is 32.6. The molecule has 0 unspecified atom stereocenters. The lowest BCUT2D eigenvalue weighted by molar-refractivity contribution is -0.116. The van der Waals surface area contributed by atoms with Gasteiger partial charge in [-0.15, -0.1) is 10.2 Å².